The Kier molecular flexibility index (Phi) is 3.88. The first-order valence-electron chi connectivity index (χ1n) is 7.16. The molecule has 1 aromatic carbocycles. The number of anilines is 3. The normalized spacial score (nSPS) is 12.9. The van der Waals surface area contributed by atoms with Gasteiger partial charge in [0.2, 0.25) is 0 Å². The fourth-order valence-corrected chi connectivity index (χ4v) is 2.25. The molecule has 0 bridgehead atoms. The topological polar surface area (TPSA) is 105 Å². The molecule has 0 atom stereocenters. The lowest BCUT2D eigenvalue weighted by Crippen LogP contribution is -2.25. The molecule has 120 valence electrons. The van der Waals surface area contributed by atoms with Gasteiger partial charge >= 0.3 is 6.03 Å². The Balaban J connectivity index is 1.71. The van der Waals surface area contributed by atoms with Crippen molar-refractivity contribution in [3.63, 3.8) is 0 Å². The van der Waals surface area contributed by atoms with Gasteiger partial charge in [-0.3, -0.25) is 4.79 Å². The molecule has 1 aromatic heterocycles. The van der Waals surface area contributed by atoms with Gasteiger partial charge < -0.3 is 25.2 Å². The number of nitrogens with zero attached hydrogens (tertiary/aromatic N) is 1. The molecule has 8 heteroatoms. The number of benzene rings is 1. The lowest BCUT2D eigenvalue weighted by Gasteiger charge is -2.18. The van der Waals surface area contributed by atoms with Gasteiger partial charge in [0.15, 0.2) is 12.4 Å². The van der Waals surface area contributed by atoms with Gasteiger partial charge in [-0.15, -0.1) is 0 Å². The standard InChI is InChI=1S/C15H16N4O4/c1-3-11-14(8(2)19-23-11)18-15(21)16-9-4-5-10-12(6-9)22-7-13(20)17-10/h4-6H,3,7H2,1-2H3,(H,17,20)(H2,16,18,21). The molecule has 0 saturated heterocycles. The SMILES string of the molecule is CCc1onc(C)c1NC(=O)Nc1ccc2c(c1)OCC(=O)N2. The number of aryl methyl sites for hydroxylation is 2. The van der Waals surface area contributed by atoms with Crippen molar-refractivity contribution in [2.75, 3.05) is 22.6 Å². The predicted molar refractivity (Wildman–Crippen MR) is 83.8 cm³/mol. The highest BCUT2D eigenvalue weighted by molar-refractivity contribution is 6.01. The summed E-state index contributed by atoms with van der Waals surface area (Å²) in [5, 5.41) is 12.0. The van der Waals surface area contributed by atoms with Crippen LogP contribution in [-0.2, 0) is 11.2 Å². The van der Waals surface area contributed by atoms with Gasteiger partial charge in [-0.1, -0.05) is 12.1 Å². The second kappa shape index (κ2) is 5.99. The van der Waals surface area contributed by atoms with Crippen LogP contribution in [0.25, 0.3) is 0 Å². The van der Waals surface area contributed by atoms with Crippen molar-refractivity contribution < 1.29 is 18.8 Å². The smallest absolute Gasteiger partial charge is 0.323 e. The Labute approximate surface area is 132 Å². The van der Waals surface area contributed by atoms with Crippen molar-refractivity contribution in [3.8, 4) is 5.75 Å². The number of hydrogen-bond donors (Lipinski definition) is 3. The molecule has 0 fully saturated rings. The van der Waals surface area contributed by atoms with Crippen LogP contribution in [0.3, 0.4) is 0 Å². The number of urea groups is 1. The molecule has 2 aromatic rings. The minimum Gasteiger partial charge on any atom is -0.482 e. The minimum atomic E-state index is -0.411. The van der Waals surface area contributed by atoms with E-state index in [4.69, 9.17) is 9.26 Å². The van der Waals surface area contributed by atoms with E-state index in [-0.39, 0.29) is 12.5 Å². The zero-order valence-electron chi connectivity index (χ0n) is 12.7. The fourth-order valence-electron chi connectivity index (χ4n) is 2.25. The lowest BCUT2D eigenvalue weighted by atomic mass is 10.2. The summed E-state index contributed by atoms with van der Waals surface area (Å²) < 4.78 is 10.4. The third-order valence-corrected chi connectivity index (χ3v) is 3.37. The lowest BCUT2D eigenvalue weighted by molar-refractivity contribution is -0.118. The first kappa shape index (κ1) is 14.9. The van der Waals surface area contributed by atoms with E-state index in [1.807, 2.05) is 6.92 Å². The molecule has 1 aliphatic heterocycles. The van der Waals surface area contributed by atoms with Gasteiger partial charge in [-0.2, -0.15) is 0 Å². The minimum absolute atomic E-state index is 0.0393. The Morgan fingerprint density at radius 3 is 3.00 bits per heavy atom. The third kappa shape index (κ3) is 3.10. The molecule has 1 aliphatic rings. The number of aromatic nitrogens is 1. The quantitative estimate of drug-likeness (QED) is 0.807. The number of carbonyl (C=O) groups excluding carboxylic acids is 2. The number of rotatable bonds is 3. The highest BCUT2D eigenvalue weighted by atomic mass is 16.5. The van der Waals surface area contributed by atoms with Crippen molar-refractivity contribution in [2.24, 2.45) is 0 Å². The van der Waals surface area contributed by atoms with E-state index < -0.39 is 6.03 Å². The maximum atomic E-state index is 12.1. The van der Waals surface area contributed by atoms with E-state index in [1.54, 1.807) is 25.1 Å². The van der Waals surface area contributed by atoms with E-state index in [1.165, 1.54) is 0 Å². The van der Waals surface area contributed by atoms with Gasteiger partial charge in [0.05, 0.1) is 5.69 Å². The van der Waals surface area contributed by atoms with Gasteiger partial charge in [0, 0.05) is 18.2 Å². The first-order valence-corrected chi connectivity index (χ1v) is 7.16. The third-order valence-electron chi connectivity index (χ3n) is 3.37. The molecular formula is C15H16N4O4. The molecule has 2 heterocycles. The molecule has 3 N–H and O–H groups in total. The van der Waals surface area contributed by atoms with Crippen molar-refractivity contribution >= 4 is 29.0 Å². The van der Waals surface area contributed by atoms with Crippen LogP contribution >= 0.6 is 0 Å². The van der Waals surface area contributed by atoms with Crippen molar-refractivity contribution in [2.45, 2.75) is 20.3 Å². The number of fused-ring (bicyclic) bond motifs is 1. The van der Waals surface area contributed by atoms with Crippen molar-refractivity contribution in [1.29, 1.82) is 0 Å². The van der Waals surface area contributed by atoms with Crippen LogP contribution in [0, 0.1) is 6.92 Å². The van der Waals surface area contributed by atoms with E-state index in [9.17, 15) is 9.59 Å². The van der Waals surface area contributed by atoms with Crippen LogP contribution in [0.4, 0.5) is 21.9 Å². The molecular weight excluding hydrogens is 300 g/mol. The summed E-state index contributed by atoms with van der Waals surface area (Å²) in [6, 6.07) is 4.58. The van der Waals surface area contributed by atoms with Crippen LogP contribution in [0.1, 0.15) is 18.4 Å². The summed E-state index contributed by atoms with van der Waals surface area (Å²) in [6.45, 7) is 3.63. The number of amides is 3. The van der Waals surface area contributed by atoms with E-state index >= 15 is 0 Å². The molecule has 3 amide bonds. The number of ether oxygens (including phenoxy) is 1. The average molecular weight is 316 g/mol. The van der Waals surface area contributed by atoms with Crippen LogP contribution in [0.5, 0.6) is 5.75 Å². The molecule has 8 nitrogen and oxygen atoms in total. The van der Waals surface area contributed by atoms with E-state index in [0.717, 1.165) is 0 Å². The van der Waals surface area contributed by atoms with Gasteiger partial charge in [0.1, 0.15) is 17.1 Å². The van der Waals surface area contributed by atoms with Crippen LogP contribution in [-0.4, -0.2) is 23.7 Å². The summed E-state index contributed by atoms with van der Waals surface area (Å²) in [5.41, 5.74) is 2.32. The number of nitrogens with one attached hydrogen (secondary N) is 3. The molecule has 0 spiro atoms. The Bertz CT molecular complexity index is 769. The summed E-state index contributed by atoms with van der Waals surface area (Å²) in [5.74, 6) is 0.929. The fraction of sp³-hybridized carbons (Fsp3) is 0.267. The largest absolute Gasteiger partial charge is 0.482 e. The van der Waals surface area contributed by atoms with Crippen molar-refractivity contribution in [3.05, 3.63) is 29.7 Å². The average Bonchev–Trinajstić information content (AvgIpc) is 2.88. The van der Waals surface area contributed by atoms with Gasteiger partial charge in [-0.05, 0) is 19.1 Å². The summed E-state index contributed by atoms with van der Waals surface area (Å²) in [7, 11) is 0. The molecule has 0 saturated carbocycles. The van der Waals surface area contributed by atoms with Crippen LogP contribution < -0.4 is 20.7 Å². The monoisotopic (exact) mass is 316 g/mol. The number of carbonyl (C=O) groups is 2. The Hall–Kier alpha value is -3.03. The zero-order chi connectivity index (χ0) is 16.4. The van der Waals surface area contributed by atoms with E-state index in [0.29, 0.717) is 40.7 Å². The highest BCUT2D eigenvalue weighted by Gasteiger charge is 2.17. The van der Waals surface area contributed by atoms with Gasteiger partial charge in [0.25, 0.3) is 5.91 Å². The molecule has 0 radical (unpaired) electrons. The predicted octanol–water partition coefficient (Wildman–Crippen LogP) is 2.52. The summed E-state index contributed by atoms with van der Waals surface area (Å²) >= 11 is 0. The molecule has 23 heavy (non-hydrogen) atoms. The van der Waals surface area contributed by atoms with E-state index in [2.05, 4.69) is 21.1 Å². The maximum absolute atomic E-state index is 12.1. The van der Waals surface area contributed by atoms with Crippen LogP contribution in [0.15, 0.2) is 22.7 Å². The number of hydrogen-bond acceptors (Lipinski definition) is 5. The van der Waals surface area contributed by atoms with Crippen LogP contribution in [0.2, 0.25) is 0 Å². The van der Waals surface area contributed by atoms with Gasteiger partial charge in [-0.25, -0.2) is 4.79 Å². The summed E-state index contributed by atoms with van der Waals surface area (Å²) in [4.78, 5) is 23.3. The second-order valence-electron chi connectivity index (χ2n) is 5.05. The van der Waals surface area contributed by atoms with Crippen molar-refractivity contribution in [1.82, 2.24) is 5.16 Å². The Morgan fingerprint density at radius 2 is 2.22 bits per heavy atom. The zero-order valence-corrected chi connectivity index (χ0v) is 12.7. The highest BCUT2D eigenvalue weighted by Crippen LogP contribution is 2.30. The molecule has 0 unspecified atom stereocenters. The first-order chi connectivity index (χ1) is 11.1. The summed E-state index contributed by atoms with van der Waals surface area (Å²) in [6.07, 6.45) is 0.628. The Morgan fingerprint density at radius 1 is 1.39 bits per heavy atom. The second-order valence-corrected chi connectivity index (χ2v) is 5.05. The molecule has 0 aliphatic carbocycles. The molecule has 3 rings (SSSR count). The maximum Gasteiger partial charge on any atom is 0.323 e.